The summed E-state index contributed by atoms with van der Waals surface area (Å²) in [6, 6.07) is 4.67. The topological polar surface area (TPSA) is 81.4 Å². The summed E-state index contributed by atoms with van der Waals surface area (Å²) in [4.78, 5) is 0.266. The Kier molecular flexibility index (Phi) is 3.03. The Balaban J connectivity index is 1.80. The number of hydrogen-bond donors (Lipinski definition) is 2. The predicted molar refractivity (Wildman–Crippen MR) is 72.2 cm³/mol. The maximum Gasteiger partial charge on any atom is 0.240 e. The van der Waals surface area contributed by atoms with Crippen molar-refractivity contribution in [2.45, 2.75) is 49.3 Å². The summed E-state index contributed by atoms with van der Waals surface area (Å²) < 4.78 is 33.1. The molecule has 0 aromatic heterocycles. The van der Waals surface area contributed by atoms with Crippen LogP contribution in [0.15, 0.2) is 23.1 Å². The van der Waals surface area contributed by atoms with Crippen LogP contribution in [-0.2, 0) is 14.8 Å². The van der Waals surface area contributed by atoms with E-state index in [1.807, 2.05) is 0 Å². The first-order chi connectivity index (χ1) is 8.95. The van der Waals surface area contributed by atoms with Crippen LogP contribution in [0.3, 0.4) is 0 Å². The number of ether oxygens (including phenoxy) is 1. The van der Waals surface area contributed by atoms with Gasteiger partial charge in [0.25, 0.3) is 0 Å². The minimum Gasteiger partial charge on any atom is -0.399 e. The molecule has 0 aliphatic carbocycles. The van der Waals surface area contributed by atoms with Crippen LogP contribution in [0, 0.1) is 6.92 Å². The molecule has 0 spiro atoms. The van der Waals surface area contributed by atoms with Crippen LogP contribution in [-0.4, -0.2) is 26.7 Å². The molecule has 2 saturated heterocycles. The summed E-state index contributed by atoms with van der Waals surface area (Å²) >= 11 is 0. The highest BCUT2D eigenvalue weighted by Crippen LogP contribution is 2.35. The minimum absolute atomic E-state index is 0.0367. The van der Waals surface area contributed by atoms with Gasteiger partial charge in [0.2, 0.25) is 10.0 Å². The van der Waals surface area contributed by atoms with Crippen LogP contribution in [0.5, 0.6) is 0 Å². The lowest BCUT2D eigenvalue weighted by Gasteiger charge is -2.20. The number of rotatable bonds is 3. The molecule has 2 fully saturated rings. The van der Waals surface area contributed by atoms with E-state index < -0.39 is 10.0 Å². The Hall–Kier alpha value is -1.11. The molecule has 104 valence electrons. The third-order valence-corrected chi connectivity index (χ3v) is 5.45. The normalized spacial score (nSPS) is 29.8. The highest BCUT2D eigenvalue weighted by Gasteiger charge is 2.42. The number of fused-ring (bicyclic) bond motifs is 2. The summed E-state index contributed by atoms with van der Waals surface area (Å²) in [6.07, 6.45) is 3.03. The van der Waals surface area contributed by atoms with E-state index in [1.165, 1.54) is 0 Å². The first kappa shape index (κ1) is 12.9. The van der Waals surface area contributed by atoms with E-state index in [-0.39, 0.29) is 23.1 Å². The number of benzene rings is 1. The molecule has 5 nitrogen and oxygen atoms in total. The molecular formula is C13H18N2O3S. The molecule has 0 saturated carbocycles. The second kappa shape index (κ2) is 4.47. The molecule has 3 atom stereocenters. The standard InChI is InChI=1S/C13H18N2O3S/c1-8-6-10(3-4-11(8)14)19(16,17)15-12-7-9-2-5-13(12)18-9/h3-4,6,9,12-13,15H,2,5,7,14H2,1H3. The van der Waals surface area contributed by atoms with Gasteiger partial charge in [0.05, 0.1) is 23.1 Å². The van der Waals surface area contributed by atoms with Gasteiger partial charge in [0.1, 0.15) is 0 Å². The average Bonchev–Trinajstić information content (AvgIpc) is 2.94. The van der Waals surface area contributed by atoms with Gasteiger partial charge in [-0.15, -0.1) is 0 Å². The van der Waals surface area contributed by atoms with Crippen molar-refractivity contribution >= 4 is 15.7 Å². The zero-order valence-electron chi connectivity index (χ0n) is 10.8. The van der Waals surface area contributed by atoms with Gasteiger partial charge < -0.3 is 10.5 Å². The summed E-state index contributed by atoms with van der Waals surface area (Å²) in [7, 11) is -3.49. The quantitative estimate of drug-likeness (QED) is 0.816. The van der Waals surface area contributed by atoms with E-state index in [1.54, 1.807) is 25.1 Å². The summed E-state index contributed by atoms with van der Waals surface area (Å²) in [6.45, 7) is 1.80. The lowest BCUT2D eigenvalue weighted by atomic mass is 9.96. The fraction of sp³-hybridized carbons (Fsp3) is 0.538. The number of aryl methyl sites for hydroxylation is 1. The van der Waals surface area contributed by atoms with Crippen molar-refractivity contribution in [2.24, 2.45) is 0 Å². The van der Waals surface area contributed by atoms with Crippen molar-refractivity contribution in [3.63, 3.8) is 0 Å². The fourth-order valence-corrected chi connectivity index (χ4v) is 4.21. The van der Waals surface area contributed by atoms with Gasteiger partial charge in [-0.1, -0.05) is 0 Å². The lowest BCUT2D eigenvalue weighted by molar-refractivity contribution is 0.0996. The minimum atomic E-state index is -3.49. The van der Waals surface area contributed by atoms with E-state index >= 15 is 0 Å². The van der Waals surface area contributed by atoms with Crippen molar-refractivity contribution in [3.8, 4) is 0 Å². The van der Waals surface area contributed by atoms with Crippen molar-refractivity contribution in [1.29, 1.82) is 0 Å². The molecule has 6 heteroatoms. The SMILES string of the molecule is Cc1cc(S(=O)(=O)NC2CC3CCC2O3)ccc1N. The van der Waals surface area contributed by atoms with E-state index in [4.69, 9.17) is 10.5 Å². The highest BCUT2D eigenvalue weighted by atomic mass is 32.2. The van der Waals surface area contributed by atoms with Crippen molar-refractivity contribution in [2.75, 3.05) is 5.73 Å². The van der Waals surface area contributed by atoms with Gasteiger partial charge in [0.15, 0.2) is 0 Å². The summed E-state index contributed by atoms with van der Waals surface area (Å²) in [5.41, 5.74) is 7.08. The first-order valence-corrected chi connectivity index (χ1v) is 7.98. The van der Waals surface area contributed by atoms with Gasteiger partial charge in [-0.25, -0.2) is 13.1 Å². The second-order valence-corrected chi connectivity index (χ2v) is 7.07. The molecule has 3 rings (SSSR count). The van der Waals surface area contributed by atoms with Gasteiger partial charge in [0, 0.05) is 5.69 Å². The Morgan fingerprint density at radius 1 is 1.37 bits per heavy atom. The monoisotopic (exact) mass is 282 g/mol. The van der Waals surface area contributed by atoms with Crippen molar-refractivity contribution in [1.82, 2.24) is 4.72 Å². The molecule has 0 radical (unpaired) electrons. The maximum atomic E-state index is 12.3. The maximum absolute atomic E-state index is 12.3. The molecule has 3 unspecified atom stereocenters. The van der Waals surface area contributed by atoms with Gasteiger partial charge >= 0.3 is 0 Å². The number of hydrogen-bond acceptors (Lipinski definition) is 4. The molecule has 2 aliphatic heterocycles. The van der Waals surface area contributed by atoms with Crippen LogP contribution in [0.2, 0.25) is 0 Å². The Bertz CT molecular complexity index is 600. The molecule has 2 heterocycles. The largest absolute Gasteiger partial charge is 0.399 e. The van der Waals surface area contributed by atoms with Crippen LogP contribution in [0.1, 0.15) is 24.8 Å². The first-order valence-electron chi connectivity index (χ1n) is 6.49. The third-order valence-electron chi connectivity index (χ3n) is 3.96. The van der Waals surface area contributed by atoms with E-state index in [2.05, 4.69) is 4.72 Å². The average molecular weight is 282 g/mol. The molecule has 2 aliphatic rings. The van der Waals surface area contributed by atoms with E-state index in [9.17, 15) is 8.42 Å². The van der Waals surface area contributed by atoms with Crippen LogP contribution in [0.4, 0.5) is 5.69 Å². The number of nitrogen functional groups attached to an aromatic ring is 1. The van der Waals surface area contributed by atoms with E-state index in [0.717, 1.165) is 24.8 Å². The number of nitrogens with one attached hydrogen (secondary N) is 1. The van der Waals surface area contributed by atoms with Gasteiger partial charge in [-0.05, 0) is 49.9 Å². The molecule has 0 amide bonds. The van der Waals surface area contributed by atoms with E-state index in [0.29, 0.717) is 5.69 Å². The molecular weight excluding hydrogens is 264 g/mol. The Morgan fingerprint density at radius 3 is 2.74 bits per heavy atom. The van der Waals surface area contributed by atoms with Crippen LogP contribution < -0.4 is 10.5 Å². The molecule has 3 N–H and O–H groups in total. The molecule has 1 aromatic carbocycles. The smallest absolute Gasteiger partial charge is 0.240 e. The second-order valence-electron chi connectivity index (χ2n) is 5.36. The number of nitrogens with two attached hydrogens (primary N) is 1. The highest BCUT2D eigenvalue weighted by molar-refractivity contribution is 7.89. The lowest BCUT2D eigenvalue weighted by Crippen LogP contribution is -2.41. The van der Waals surface area contributed by atoms with Crippen molar-refractivity contribution < 1.29 is 13.2 Å². The zero-order valence-corrected chi connectivity index (χ0v) is 11.6. The molecule has 1 aromatic rings. The fourth-order valence-electron chi connectivity index (χ4n) is 2.84. The van der Waals surface area contributed by atoms with Crippen LogP contribution in [0.25, 0.3) is 0 Å². The molecule has 2 bridgehead atoms. The van der Waals surface area contributed by atoms with Crippen molar-refractivity contribution in [3.05, 3.63) is 23.8 Å². The Morgan fingerprint density at radius 2 is 2.16 bits per heavy atom. The summed E-state index contributed by atoms with van der Waals surface area (Å²) in [5, 5.41) is 0. The molecule has 19 heavy (non-hydrogen) atoms. The predicted octanol–water partition coefficient (Wildman–Crippen LogP) is 1.18. The third kappa shape index (κ3) is 2.35. The van der Waals surface area contributed by atoms with Crippen LogP contribution >= 0.6 is 0 Å². The van der Waals surface area contributed by atoms with Gasteiger partial charge in [-0.2, -0.15) is 0 Å². The van der Waals surface area contributed by atoms with Gasteiger partial charge in [-0.3, -0.25) is 0 Å². The summed E-state index contributed by atoms with van der Waals surface area (Å²) in [5.74, 6) is 0. The zero-order chi connectivity index (χ0) is 13.6. The number of sulfonamides is 1. The number of anilines is 1. The Labute approximate surface area is 113 Å².